The first-order valence-corrected chi connectivity index (χ1v) is 20.1. The summed E-state index contributed by atoms with van der Waals surface area (Å²) >= 11 is 0. The van der Waals surface area contributed by atoms with Crippen LogP contribution in [-0.2, 0) is 32.5 Å². The second-order valence-corrected chi connectivity index (χ2v) is 19.8. The maximum Gasteiger partial charge on any atom is 0.112 e. The van der Waals surface area contributed by atoms with Crippen molar-refractivity contribution in [3.05, 3.63) is 34.4 Å². The van der Waals surface area contributed by atoms with Gasteiger partial charge >= 0.3 is 0 Å². The normalized spacial score (nSPS) is 13.5. The van der Waals surface area contributed by atoms with E-state index in [9.17, 15) is 0 Å². The number of aromatic amines is 2. The lowest BCUT2D eigenvalue weighted by Gasteiger charge is -2.30. The summed E-state index contributed by atoms with van der Waals surface area (Å²) < 4.78 is 0. The van der Waals surface area contributed by atoms with Crippen LogP contribution in [0.25, 0.3) is 0 Å². The highest BCUT2D eigenvalue weighted by atomic mass is 15.0. The smallest absolute Gasteiger partial charge is 0.112 e. The van der Waals surface area contributed by atoms with Gasteiger partial charge in [-0.3, -0.25) is 0 Å². The number of nitrogens with zero attached hydrogens (tertiary/aromatic N) is 2. The van der Waals surface area contributed by atoms with Gasteiger partial charge in [-0.05, 0) is 25.7 Å². The largest absolute Gasteiger partial charge is 0.345 e. The standard InChI is InChI=1S/C23H44N2.C21H40N2/c1-10-12-14-16-22(6,7)18-19(23(8,9)17-15-13-11-2)25-20(24-18)21(3,4)5;1-10-12-14-20(6,7)16-17(21(8,9)15-13-11-2)23-18(22-16)19(3,4)5/h10-17H2,1-9H3,(H,24,25);10-15H2,1-9H3,(H,22,23). The second-order valence-electron chi connectivity index (χ2n) is 19.8. The van der Waals surface area contributed by atoms with Crippen molar-refractivity contribution in [3.63, 3.8) is 0 Å². The molecule has 0 atom stereocenters. The molecule has 4 nitrogen and oxygen atoms in total. The molecule has 0 amide bonds. The van der Waals surface area contributed by atoms with Crippen LogP contribution in [0.4, 0.5) is 0 Å². The van der Waals surface area contributed by atoms with Gasteiger partial charge < -0.3 is 9.97 Å². The molecule has 2 aromatic heterocycles. The molecule has 2 aromatic rings. The number of H-pyrrole nitrogens is 2. The summed E-state index contributed by atoms with van der Waals surface area (Å²) in [6.07, 6.45) is 17.7. The summed E-state index contributed by atoms with van der Waals surface area (Å²) in [6, 6.07) is 0. The van der Waals surface area contributed by atoms with Crippen molar-refractivity contribution < 1.29 is 0 Å². The lowest BCUT2D eigenvalue weighted by molar-refractivity contribution is 0.399. The first kappa shape index (κ1) is 44.4. The Morgan fingerprint density at radius 3 is 0.938 bits per heavy atom. The summed E-state index contributed by atoms with van der Waals surface area (Å²) in [6.45, 7) is 41.7. The summed E-state index contributed by atoms with van der Waals surface area (Å²) in [5.74, 6) is 2.28. The number of aromatic nitrogens is 4. The van der Waals surface area contributed by atoms with Gasteiger partial charge in [-0.1, -0.05) is 189 Å². The number of rotatable bonds is 18. The number of imidazole rings is 2. The second kappa shape index (κ2) is 18.1. The molecule has 2 rings (SSSR count). The van der Waals surface area contributed by atoms with Gasteiger partial charge in [0, 0.05) is 43.9 Å². The van der Waals surface area contributed by atoms with E-state index in [0.717, 1.165) is 11.6 Å². The van der Waals surface area contributed by atoms with Crippen molar-refractivity contribution in [2.75, 3.05) is 0 Å². The van der Waals surface area contributed by atoms with Gasteiger partial charge in [0.05, 0.1) is 11.4 Å². The van der Waals surface area contributed by atoms with E-state index in [2.05, 4.69) is 135 Å². The zero-order valence-electron chi connectivity index (χ0n) is 35.8. The molecule has 4 heteroatoms. The zero-order valence-corrected chi connectivity index (χ0v) is 35.8. The van der Waals surface area contributed by atoms with Crippen molar-refractivity contribution in [2.24, 2.45) is 0 Å². The van der Waals surface area contributed by atoms with Crippen molar-refractivity contribution in [2.45, 2.75) is 247 Å². The molecule has 0 aliphatic heterocycles. The Bertz CT molecular complexity index is 1110. The van der Waals surface area contributed by atoms with Crippen LogP contribution in [0.1, 0.15) is 249 Å². The molecule has 0 aliphatic rings. The van der Waals surface area contributed by atoms with Gasteiger partial charge in [-0.25, -0.2) is 9.97 Å². The van der Waals surface area contributed by atoms with Crippen LogP contribution in [0.3, 0.4) is 0 Å². The van der Waals surface area contributed by atoms with Crippen LogP contribution in [-0.4, -0.2) is 19.9 Å². The van der Waals surface area contributed by atoms with Crippen molar-refractivity contribution in [1.29, 1.82) is 0 Å². The fourth-order valence-electron chi connectivity index (χ4n) is 6.77. The molecule has 2 N–H and O–H groups in total. The lowest BCUT2D eigenvalue weighted by Crippen LogP contribution is -2.26. The van der Waals surface area contributed by atoms with Gasteiger partial charge in [-0.2, -0.15) is 0 Å². The Kier molecular flexibility index (Phi) is 16.7. The zero-order chi connectivity index (χ0) is 37.2. The summed E-state index contributed by atoms with van der Waals surface area (Å²) in [5.41, 5.74) is 6.08. The van der Waals surface area contributed by atoms with Crippen LogP contribution in [0, 0.1) is 0 Å². The van der Waals surface area contributed by atoms with Gasteiger partial charge in [0.2, 0.25) is 0 Å². The quantitative estimate of drug-likeness (QED) is 0.155. The van der Waals surface area contributed by atoms with Crippen molar-refractivity contribution >= 4 is 0 Å². The fraction of sp³-hybridized carbons (Fsp3) is 0.864. The molecule has 48 heavy (non-hydrogen) atoms. The SMILES string of the molecule is CCCCC(C)(C)c1nc(C(C)(C)C)[nH]c1C(C)(C)CCCC.CCCCCC(C)(C)c1nc(C(C)(C)C)[nH]c1C(C)(C)CCCCC. The number of hydrogen-bond donors (Lipinski definition) is 2. The van der Waals surface area contributed by atoms with Gasteiger partial charge in [0.15, 0.2) is 0 Å². The number of nitrogens with one attached hydrogen (secondary N) is 2. The van der Waals surface area contributed by atoms with Gasteiger partial charge in [0.25, 0.3) is 0 Å². The molecular weight excluding hydrogens is 585 g/mol. The van der Waals surface area contributed by atoms with Crippen LogP contribution < -0.4 is 0 Å². The van der Waals surface area contributed by atoms with Crippen LogP contribution in [0.15, 0.2) is 0 Å². The molecule has 0 fully saturated rings. The minimum absolute atomic E-state index is 0.0615. The third-order valence-corrected chi connectivity index (χ3v) is 10.6. The van der Waals surface area contributed by atoms with E-state index in [0.29, 0.717) is 0 Å². The Hall–Kier alpha value is -1.58. The van der Waals surface area contributed by atoms with Crippen molar-refractivity contribution in [3.8, 4) is 0 Å². The van der Waals surface area contributed by atoms with E-state index >= 15 is 0 Å². The number of unbranched alkanes of at least 4 members (excludes halogenated alkanes) is 6. The molecule has 0 saturated carbocycles. The fourth-order valence-corrected chi connectivity index (χ4v) is 6.77. The summed E-state index contributed by atoms with van der Waals surface area (Å²) in [5, 5.41) is 0. The molecule has 0 unspecified atom stereocenters. The van der Waals surface area contributed by atoms with E-state index in [4.69, 9.17) is 9.97 Å². The molecule has 0 radical (unpaired) electrons. The van der Waals surface area contributed by atoms with E-state index < -0.39 is 0 Å². The Balaban J connectivity index is 0.000000482. The Labute approximate surface area is 300 Å². The predicted octanol–water partition coefficient (Wildman–Crippen LogP) is 14.1. The monoisotopic (exact) mass is 669 g/mol. The average molecular weight is 669 g/mol. The van der Waals surface area contributed by atoms with Crippen LogP contribution in [0.2, 0.25) is 0 Å². The van der Waals surface area contributed by atoms with E-state index in [1.165, 1.54) is 113 Å². The first-order chi connectivity index (χ1) is 21.9. The van der Waals surface area contributed by atoms with E-state index in [1.54, 1.807) is 0 Å². The van der Waals surface area contributed by atoms with Crippen molar-refractivity contribution in [1.82, 2.24) is 19.9 Å². The molecule has 0 spiro atoms. The number of hydrogen-bond acceptors (Lipinski definition) is 2. The predicted molar refractivity (Wildman–Crippen MR) is 214 cm³/mol. The lowest BCUT2D eigenvalue weighted by atomic mass is 9.75. The molecular formula is C44H84N4. The first-order valence-electron chi connectivity index (χ1n) is 20.1. The minimum Gasteiger partial charge on any atom is -0.345 e. The molecule has 0 aromatic carbocycles. The highest BCUT2D eigenvalue weighted by molar-refractivity contribution is 5.32. The highest BCUT2D eigenvalue weighted by Gasteiger charge is 2.37. The molecule has 280 valence electrons. The van der Waals surface area contributed by atoms with Gasteiger partial charge in [-0.15, -0.1) is 0 Å². The van der Waals surface area contributed by atoms with Crippen LogP contribution in [0.5, 0.6) is 0 Å². The topological polar surface area (TPSA) is 57.4 Å². The third-order valence-electron chi connectivity index (χ3n) is 10.6. The highest BCUT2D eigenvalue weighted by Crippen LogP contribution is 2.41. The minimum atomic E-state index is 0.0615. The maximum absolute atomic E-state index is 5.17. The van der Waals surface area contributed by atoms with E-state index in [-0.39, 0.29) is 32.5 Å². The van der Waals surface area contributed by atoms with Crippen LogP contribution >= 0.6 is 0 Å². The summed E-state index contributed by atoms with van der Waals surface area (Å²) in [7, 11) is 0. The summed E-state index contributed by atoms with van der Waals surface area (Å²) in [4.78, 5) is 17.8. The average Bonchev–Trinajstić information content (AvgIpc) is 3.64. The molecule has 2 heterocycles. The Morgan fingerprint density at radius 2 is 0.646 bits per heavy atom. The molecule has 0 saturated heterocycles. The molecule has 0 aliphatic carbocycles. The van der Waals surface area contributed by atoms with E-state index in [1.807, 2.05) is 0 Å². The Morgan fingerprint density at radius 1 is 0.375 bits per heavy atom. The maximum atomic E-state index is 5.17. The molecule has 0 bridgehead atoms. The van der Waals surface area contributed by atoms with Gasteiger partial charge in [0.1, 0.15) is 11.6 Å². The third kappa shape index (κ3) is 12.9.